The highest BCUT2D eigenvalue weighted by Gasteiger charge is 2.29. The number of carbonyl (C=O) groups is 1. The number of aryl methyl sites for hydroxylation is 1. The fraction of sp³-hybridized carbons (Fsp3) is 0.304. The molecule has 0 saturated heterocycles. The molecule has 2 aromatic rings. The van der Waals surface area contributed by atoms with E-state index in [1.165, 1.54) is 11.8 Å². The van der Waals surface area contributed by atoms with Crippen molar-refractivity contribution < 1.29 is 19.0 Å². The predicted octanol–water partition coefficient (Wildman–Crippen LogP) is 3.75. The topological polar surface area (TPSA) is 73.9 Å². The lowest BCUT2D eigenvalue weighted by atomic mass is 9.95. The smallest absolute Gasteiger partial charge is 0.207 e. The fourth-order valence-electron chi connectivity index (χ4n) is 3.83. The van der Waals surface area contributed by atoms with E-state index in [1.54, 1.807) is 26.4 Å². The van der Waals surface area contributed by atoms with Gasteiger partial charge in [0.15, 0.2) is 16.9 Å². The lowest BCUT2D eigenvalue weighted by Gasteiger charge is -2.20. The molecule has 2 aromatic carbocycles. The summed E-state index contributed by atoms with van der Waals surface area (Å²) in [6.45, 7) is 4.03. The number of benzene rings is 1. The minimum absolute atomic E-state index is 0.0817. The summed E-state index contributed by atoms with van der Waals surface area (Å²) >= 11 is 1.39. The summed E-state index contributed by atoms with van der Waals surface area (Å²) in [7, 11) is 3.14. The van der Waals surface area contributed by atoms with Crippen molar-refractivity contribution in [3.63, 3.8) is 0 Å². The van der Waals surface area contributed by atoms with Gasteiger partial charge in [-0.3, -0.25) is 9.59 Å². The number of rotatable bonds is 8. The molecule has 1 aliphatic rings. The predicted molar refractivity (Wildman–Crippen MR) is 119 cm³/mol. The van der Waals surface area contributed by atoms with Crippen LogP contribution in [0.15, 0.2) is 46.6 Å². The molecule has 0 heterocycles. The van der Waals surface area contributed by atoms with Gasteiger partial charge < -0.3 is 19.5 Å². The van der Waals surface area contributed by atoms with Gasteiger partial charge in [-0.1, -0.05) is 18.7 Å². The molecule has 1 amide bonds. The van der Waals surface area contributed by atoms with Crippen LogP contribution in [0.5, 0.6) is 17.2 Å². The highest BCUT2D eigenvalue weighted by Crippen LogP contribution is 2.50. The largest absolute Gasteiger partial charge is 0.492 e. The Balaban J connectivity index is 2.38. The third-order valence-corrected chi connectivity index (χ3v) is 5.90. The molecule has 1 N–H and O–H groups in total. The minimum atomic E-state index is -0.298. The molecule has 0 saturated carbocycles. The number of thioether (sulfide) groups is 1. The van der Waals surface area contributed by atoms with Crippen molar-refractivity contribution in [1.29, 1.82) is 0 Å². The highest BCUT2D eigenvalue weighted by atomic mass is 32.2. The van der Waals surface area contributed by atoms with Crippen molar-refractivity contribution in [3.8, 4) is 28.4 Å². The average Bonchev–Trinajstić information content (AvgIpc) is 3.00. The van der Waals surface area contributed by atoms with Gasteiger partial charge in [0.1, 0.15) is 6.61 Å². The Kier molecular flexibility index (Phi) is 7.05. The Morgan fingerprint density at radius 3 is 2.63 bits per heavy atom. The van der Waals surface area contributed by atoms with Crippen LogP contribution in [0.4, 0.5) is 0 Å². The van der Waals surface area contributed by atoms with E-state index >= 15 is 0 Å². The van der Waals surface area contributed by atoms with Gasteiger partial charge in [0, 0.05) is 5.56 Å². The van der Waals surface area contributed by atoms with Gasteiger partial charge >= 0.3 is 0 Å². The number of fused-ring (bicyclic) bond motifs is 3. The monoisotopic (exact) mass is 427 g/mol. The Labute approximate surface area is 180 Å². The second-order valence-corrected chi connectivity index (χ2v) is 7.58. The van der Waals surface area contributed by atoms with Crippen molar-refractivity contribution >= 4 is 18.2 Å². The molecule has 0 fully saturated rings. The summed E-state index contributed by atoms with van der Waals surface area (Å²) in [5, 5.41) is 2.87. The van der Waals surface area contributed by atoms with Gasteiger partial charge in [-0.25, -0.2) is 0 Å². The lowest BCUT2D eigenvalue weighted by molar-refractivity contribution is -0.110. The van der Waals surface area contributed by atoms with Gasteiger partial charge in [0.05, 0.1) is 25.2 Å². The summed E-state index contributed by atoms with van der Waals surface area (Å²) in [6, 6.07) is 6.98. The molecule has 1 unspecified atom stereocenters. The van der Waals surface area contributed by atoms with Crippen LogP contribution in [0.1, 0.15) is 23.6 Å². The van der Waals surface area contributed by atoms with E-state index in [4.69, 9.17) is 14.2 Å². The molecule has 3 rings (SSSR count). The van der Waals surface area contributed by atoms with Gasteiger partial charge in [-0.2, -0.15) is 0 Å². The SMILES string of the molecule is C=CCOc1cc2c(c(OC)c1OC)-c1ccc(SC)c(=O)cc1C(NC=O)CC2. The minimum Gasteiger partial charge on any atom is -0.492 e. The van der Waals surface area contributed by atoms with E-state index in [-0.39, 0.29) is 11.5 Å². The number of carbonyl (C=O) groups excluding carboxylic acids is 1. The first-order valence-corrected chi connectivity index (χ1v) is 10.8. The maximum Gasteiger partial charge on any atom is 0.207 e. The van der Waals surface area contributed by atoms with Crippen LogP contribution in [-0.4, -0.2) is 33.5 Å². The second kappa shape index (κ2) is 9.71. The van der Waals surface area contributed by atoms with Crippen molar-refractivity contribution in [2.24, 2.45) is 0 Å². The van der Waals surface area contributed by atoms with E-state index in [2.05, 4.69) is 11.9 Å². The lowest BCUT2D eigenvalue weighted by Crippen LogP contribution is -2.20. The standard InChI is InChI=1S/C23H25NO5S/c1-5-10-29-19-11-14-6-8-17(24-13-25)16-12-18(26)20(30-4)9-7-15(16)21(14)23(28-3)22(19)27-2/h5,7,9,11-13,17H,1,6,8,10H2,2-4H3,(H,24,25). The molecule has 6 nitrogen and oxygen atoms in total. The number of hydrogen-bond donors (Lipinski definition) is 1. The molecule has 7 heteroatoms. The Morgan fingerprint density at radius 1 is 1.23 bits per heavy atom. The van der Waals surface area contributed by atoms with Gasteiger partial charge in [0.2, 0.25) is 12.2 Å². The Bertz CT molecular complexity index is 1020. The number of amides is 1. The van der Waals surface area contributed by atoms with Crippen LogP contribution in [0.2, 0.25) is 0 Å². The first kappa shape index (κ1) is 21.8. The molecular formula is C23H25NO5S. The average molecular weight is 428 g/mol. The van der Waals surface area contributed by atoms with E-state index in [0.717, 1.165) is 22.3 Å². The van der Waals surface area contributed by atoms with Crippen LogP contribution in [-0.2, 0) is 11.2 Å². The van der Waals surface area contributed by atoms with E-state index in [1.807, 2.05) is 24.5 Å². The summed E-state index contributed by atoms with van der Waals surface area (Å²) in [4.78, 5) is 24.6. The number of hydrogen-bond acceptors (Lipinski definition) is 6. The molecule has 1 atom stereocenters. The van der Waals surface area contributed by atoms with Crippen LogP contribution in [0, 0.1) is 0 Å². The van der Waals surface area contributed by atoms with E-state index in [0.29, 0.717) is 48.0 Å². The summed E-state index contributed by atoms with van der Waals surface area (Å²) in [5.74, 6) is 1.57. The summed E-state index contributed by atoms with van der Waals surface area (Å²) in [5.41, 5.74) is 3.33. The molecular weight excluding hydrogens is 402 g/mol. The van der Waals surface area contributed by atoms with Crippen molar-refractivity contribution in [2.75, 3.05) is 27.1 Å². The summed E-state index contributed by atoms with van der Waals surface area (Å²) in [6.07, 6.45) is 5.50. The Hall–Kier alpha value is -2.93. The third kappa shape index (κ3) is 4.03. The van der Waals surface area contributed by atoms with E-state index < -0.39 is 0 Å². The number of methoxy groups -OCH3 is 2. The van der Waals surface area contributed by atoms with Crippen molar-refractivity contribution in [2.45, 2.75) is 23.8 Å². The second-order valence-electron chi connectivity index (χ2n) is 6.73. The zero-order valence-corrected chi connectivity index (χ0v) is 18.1. The number of nitrogens with one attached hydrogen (secondary N) is 1. The molecule has 0 radical (unpaired) electrons. The maximum absolute atomic E-state index is 12.7. The molecule has 0 bridgehead atoms. The molecule has 158 valence electrons. The molecule has 30 heavy (non-hydrogen) atoms. The molecule has 0 aliphatic heterocycles. The fourth-order valence-corrected chi connectivity index (χ4v) is 4.29. The van der Waals surface area contributed by atoms with Crippen LogP contribution in [0.3, 0.4) is 0 Å². The van der Waals surface area contributed by atoms with Crippen LogP contribution >= 0.6 is 11.8 Å². The van der Waals surface area contributed by atoms with Crippen LogP contribution in [0.25, 0.3) is 11.1 Å². The van der Waals surface area contributed by atoms with Crippen molar-refractivity contribution in [3.05, 3.63) is 58.3 Å². The maximum atomic E-state index is 12.7. The normalized spacial score (nSPS) is 14.6. The quantitative estimate of drug-likeness (QED) is 0.393. The Morgan fingerprint density at radius 2 is 2.00 bits per heavy atom. The summed E-state index contributed by atoms with van der Waals surface area (Å²) < 4.78 is 17.2. The molecule has 0 aromatic heterocycles. The van der Waals surface area contributed by atoms with Crippen molar-refractivity contribution in [1.82, 2.24) is 5.32 Å². The first-order chi connectivity index (χ1) is 14.6. The van der Waals surface area contributed by atoms with E-state index in [9.17, 15) is 9.59 Å². The van der Waals surface area contributed by atoms with Crippen LogP contribution < -0.4 is 25.0 Å². The van der Waals surface area contributed by atoms with Gasteiger partial charge in [-0.15, -0.1) is 11.8 Å². The zero-order chi connectivity index (χ0) is 21.7. The first-order valence-electron chi connectivity index (χ1n) is 9.53. The highest BCUT2D eigenvalue weighted by molar-refractivity contribution is 7.98. The molecule has 1 aliphatic carbocycles. The number of ether oxygens (including phenoxy) is 3. The zero-order valence-electron chi connectivity index (χ0n) is 17.3. The van der Waals surface area contributed by atoms with Gasteiger partial charge in [0.25, 0.3) is 0 Å². The molecule has 0 spiro atoms. The van der Waals surface area contributed by atoms with Gasteiger partial charge in [-0.05, 0) is 54.0 Å². The third-order valence-electron chi connectivity index (χ3n) is 5.13.